The number of allylic oxidation sites excluding steroid dienone is 3. The van der Waals surface area contributed by atoms with Gasteiger partial charge in [-0.15, -0.1) is 0 Å². The second kappa shape index (κ2) is 16.7. The average molecular weight is 752 g/mol. The van der Waals surface area contributed by atoms with E-state index in [2.05, 4.69) is 82.1 Å². The molecule has 10 unspecified atom stereocenters. The van der Waals surface area contributed by atoms with Gasteiger partial charge in [0.2, 0.25) is 0 Å². The fourth-order valence-electron chi connectivity index (χ4n) is 11.3. The zero-order valence-electron chi connectivity index (χ0n) is 33.4. The van der Waals surface area contributed by atoms with Crippen molar-refractivity contribution in [3.63, 3.8) is 0 Å². The molecule has 12 heteroatoms. The summed E-state index contributed by atoms with van der Waals surface area (Å²) in [5.41, 5.74) is -0.979. The lowest BCUT2D eigenvalue weighted by molar-refractivity contribution is -0.717. The van der Waals surface area contributed by atoms with E-state index in [0.717, 1.165) is 102 Å². The minimum atomic E-state index is -1.84. The van der Waals surface area contributed by atoms with Gasteiger partial charge in [-0.1, -0.05) is 36.6 Å². The number of piperidine rings is 1. The van der Waals surface area contributed by atoms with E-state index in [1.165, 1.54) is 5.57 Å². The molecule has 0 aromatic carbocycles. The van der Waals surface area contributed by atoms with Crippen LogP contribution < -0.4 is 36.9 Å². The van der Waals surface area contributed by atoms with Gasteiger partial charge in [0.15, 0.2) is 17.2 Å². The Balaban J connectivity index is 1.12. The van der Waals surface area contributed by atoms with Gasteiger partial charge in [-0.2, -0.15) is 0 Å². The largest absolute Gasteiger partial charge is 0.463 e. The number of ketones is 2. The van der Waals surface area contributed by atoms with Gasteiger partial charge in [0.05, 0.1) is 39.3 Å². The Hall–Kier alpha value is -2.90. The molecule has 3 aliphatic heterocycles. The number of ether oxygens (including phenoxy) is 2. The molecule has 10 atom stereocenters. The minimum Gasteiger partial charge on any atom is -0.463 e. The molecule has 7 rings (SSSR count). The molecule has 0 aromatic heterocycles. The van der Waals surface area contributed by atoms with Crippen molar-refractivity contribution >= 4 is 23.5 Å². The molecule has 298 valence electrons. The summed E-state index contributed by atoms with van der Waals surface area (Å²) in [4.78, 5) is 46.8. The maximum Gasteiger partial charge on any atom is 0.350 e. The molecule has 2 saturated carbocycles. The van der Waals surface area contributed by atoms with Crippen LogP contribution in [0.4, 0.5) is 0 Å². The first-order valence-corrected chi connectivity index (χ1v) is 21.4. The smallest absolute Gasteiger partial charge is 0.350 e. The summed E-state index contributed by atoms with van der Waals surface area (Å²) in [5, 5.41) is 18.1. The van der Waals surface area contributed by atoms with Crippen molar-refractivity contribution in [3.8, 4) is 0 Å². The highest BCUT2D eigenvalue weighted by Crippen LogP contribution is 2.61. The molecule has 0 radical (unpaired) electrons. The monoisotopic (exact) mass is 752 g/mol. The Morgan fingerprint density at radius 1 is 1.15 bits per heavy atom. The van der Waals surface area contributed by atoms with E-state index < -0.39 is 23.1 Å². The number of epoxide rings is 1. The van der Waals surface area contributed by atoms with Crippen molar-refractivity contribution in [1.82, 2.24) is 16.0 Å². The Kier molecular flexibility index (Phi) is 12.1. The van der Waals surface area contributed by atoms with E-state index in [1.807, 2.05) is 7.05 Å². The number of hydrogen-bond acceptors (Lipinski definition) is 6. The Bertz CT molecular complexity index is 1540. The predicted octanol–water partition coefficient (Wildman–Crippen LogP) is -1.60. The van der Waals surface area contributed by atoms with Crippen LogP contribution in [0.5, 0.6) is 0 Å². The van der Waals surface area contributed by atoms with Gasteiger partial charge in [0.25, 0.3) is 5.60 Å². The Labute approximate surface area is 321 Å². The molecule has 12 nitrogen and oxygen atoms in total. The molecule has 3 heterocycles. The van der Waals surface area contributed by atoms with Gasteiger partial charge >= 0.3 is 11.9 Å². The highest BCUT2D eigenvalue weighted by molar-refractivity contribution is 6.23. The number of rotatable bonds is 13. The number of hydrogen-bond donors (Lipinski definition) is 7. The van der Waals surface area contributed by atoms with Crippen LogP contribution in [-0.2, 0) is 23.9 Å². The second-order valence-corrected chi connectivity index (χ2v) is 17.5. The van der Waals surface area contributed by atoms with E-state index in [4.69, 9.17) is 9.47 Å². The molecule has 3 saturated heterocycles. The van der Waals surface area contributed by atoms with Gasteiger partial charge in [0, 0.05) is 49.4 Å². The van der Waals surface area contributed by atoms with Gasteiger partial charge in [-0.05, 0) is 76.4 Å². The van der Waals surface area contributed by atoms with E-state index in [-0.39, 0.29) is 48.0 Å². The summed E-state index contributed by atoms with van der Waals surface area (Å²) < 4.78 is 12.6. The van der Waals surface area contributed by atoms with Crippen LogP contribution >= 0.6 is 0 Å². The minimum absolute atomic E-state index is 0.0639. The molecule has 0 aromatic rings. The van der Waals surface area contributed by atoms with Crippen LogP contribution in [0, 0.1) is 29.6 Å². The number of quaternary nitrogens is 3. The molecule has 0 bridgehead atoms. The SMILES string of the molecule is CC[NH2+]C1C=C2C=CCCC2CC1COC(=O)C12OC1(CC=C(C)CC1(C3CC[NH2+]C(NC[NH2+]C)C3)CCCNC(=[NH+]C)N1)C(=O)C1CCCCC1C2=O. The number of nitrogens with one attached hydrogen (secondary N) is 4. The van der Waals surface area contributed by atoms with Crippen molar-refractivity contribution in [1.29, 1.82) is 0 Å². The van der Waals surface area contributed by atoms with Crippen LogP contribution in [0.25, 0.3) is 0 Å². The summed E-state index contributed by atoms with van der Waals surface area (Å²) in [6, 6.07) is 0.204. The summed E-state index contributed by atoms with van der Waals surface area (Å²) in [5.74, 6) is 0.211. The van der Waals surface area contributed by atoms with Gasteiger partial charge in [-0.3, -0.25) is 25.2 Å². The Morgan fingerprint density at radius 2 is 1.96 bits per heavy atom. The van der Waals surface area contributed by atoms with E-state index in [0.29, 0.717) is 30.8 Å². The maximum atomic E-state index is 14.6. The first kappa shape index (κ1) is 39.3. The summed E-state index contributed by atoms with van der Waals surface area (Å²) >= 11 is 0. The predicted molar refractivity (Wildman–Crippen MR) is 204 cm³/mol. The lowest BCUT2D eigenvalue weighted by atomic mass is 9.61. The highest BCUT2D eigenvalue weighted by atomic mass is 16.7. The zero-order chi connectivity index (χ0) is 37.9. The molecule has 54 heavy (non-hydrogen) atoms. The first-order valence-electron chi connectivity index (χ1n) is 21.4. The number of carbonyl (C=O) groups excluding carboxylic acids is 3. The lowest BCUT2D eigenvalue weighted by Crippen LogP contribution is -2.98. The van der Waals surface area contributed by atoms with Crippen molar-refractivity contribution in [2.24, 2.45) is 29.6 Å². The van der Waals surface area contributed by atoms with Gasteiger partial charge < -0.3 is 25.4 Å². The van der Waals surface area contributed by atoms with Crippen LogP contribution in [0.2, 0.25) is 0 Å². The average Bonchev–Trinajstić information content (AvgIpc) is 3.95. The van der Waals surface area contributed by atoms with Crippen molar-refractivity contribution in [2.45, 2.75) is 126 Å². The Morgan fingerprint density at radius 3 is 2.74 bits per heavy atom. The summed E-state index contributed by atoms with van der Waals surface area (Å²) in [6.45, 7) is 8.30. The normalized spacial score (nSPS) is 40.0. The fourth-order valence-corrected chi connectivity index (χ4v) is 11.3. The molecule has 4 aliphatic carbocycles. The number of nitrogens with two attached hydrogens (primary N) is 3. The topological polar surface area (TPSA) is 173 Å². The van der Waals surface area contributed by atoms with Crippen LogP contribution in [0.15, 0.2) is 35.5 Å². The molecule has 7 aliphatic rings. The standard InChI is InChI=1S/C42H65N7O5/c1-5-45-34-22-29-12-7-6-11-28(29)21-30(34)25-53-38(52)42-37(51)33-14-9-8-13-32(33)36(50)41(42,54-42)18-15-27(2)24-40(17-10-19-47-39(44-4)49-40)31-16-20-46-35(23-31)48-26-43-3/h7,12,15,22,28,30-35,43,45-46,48H,5-6,8-11,13-14,16-21,23-26H2,1-4H3,(H2,44,47,49)/p+4. The van der Waals surface area contributed by atoms with E-state index in [9.17, 15) is 14.4 Å². The maximum absolute atomic E-state index is 14.6. The molecule has 0 amide bonds. The molecular formula is C42H69N7O5+4. The molecule has 10 N–H and O–H groups in total. The number of carbonyl (C=O) groups is 3. The third-order valence-corrected chi connectivity index (χ3v) is 14.2. The highest BCUT2D eigenvalue weighted by Gasteiger charge is 2.87. The third-order valence-electron chi connectivity index (χ3n) is 14.2. The quantitative estimate of drug-likeness (QED) is 0.0388. The fraction of sp³-hybridized carbons (Fsp3) is 0.762. The van der Waals surface area contributed by atoms with E-state index >= 15 is 0 Å². The van der Waals surface area contributed by atoms with Crippen LogP contribution in [0.1, 0.15) is 97.3 Å². The van der Waals surface area contributed by atoms with E-state index in [1.54, 1.807) is 0 Å². The second-order valence-electron chi connectivity index (χ2n) is 17.5. The number of esters is 1. The van der Waals surface area contributed by atoms with Crippen molar-refractivity contribution in [3.05, 3.63) is 35.5 Å². The van der Waals surface area contributed by atoms with Crippen molar-refractivity contribution in [2.75, 3.05) is 47.0 Å². The molecule has 5 fully saturated rings. The summed E-state index contributed by atoms with van der Waals surface area (Å²) in [6.07, 6.45) is 20.8. The first-order chi connectivity index (χ1) is 26.2. The molecule has 0 spiro atoms. The third kappa shape index (κ3) is 7.38. The number of Topliss-reactive ketones (excluding diaryl/α,β-unsaturated/α-hetero) is 2. The number of fused-ring (bicyclic) bond motifs is 3. The van der Waals surface area contributed by atoms with Crippen LogP contribution in [0.3, 0.4) is 0 Å². The van der Waals surface area contributed by atoms with Gasteiger partial charge in [-0.25, -0.2) is 10.1 Å². The molecular weight excluding hydrogens is 683 g/mol. The van der Waals surface area contributed by atoms with Crippen molar-refractivity contribution < 1.29 is 44.8 Å². The zero-order valence-corrected chi connectivity index (χ0v) is 33.4. The van der Waals surface area contributed by atoms with Crippen LogP contribution in [-0.4, -0.2) is 99.4 Å². The number of guanidine groups is 1. The number of likely N-dealkylation sites (N-methyl/N-ethyl adjacent to an activating group) is 1. The lowest BCUT2D eigenvalue weighted by Gasteiger charge is -2.42. The van der Waals surface area contributed by atoms with Gasteiger partial charge in [0.1, 0.15) is 25.5 Å². The summed E-state index contributed by atoms with van der Waals surface area (Å²) in [7, 11) is 4.04.